The number of hydrogen-bond donors (Lipinski definition) is 1. The van der Waals surface area contributed by atoms with Crippen molar-refractivity contribution < 1.29 is 19.2 Å². The van der Waals surface area contributed by atoms with Crippen molar-refractivity contribution in [2.75, 3.05) is 0 Å². The summed E-state index contributed by atoms with van der Waals surface area (Å²) in [5.74, 6) is -1.91. The lowest BCUT2D eigenvalue weighted by molar-refractivity contribution is -0.384. The minimum absolute atomic E-state index is 0.221. The van der Waals surface area contributed by atoms with Gasteiger partial charge in [0.1, 0.15) is 5.82 Å². The highest BCUT2D eigenvalue weighted by molar-refractivity contribution is 5.90. The summed E-state index contributed by atoms with van der Waals surface area (Å²) in [6.45, 7) is 0. The normalized spacial score (nSPS) is 10.2. The molecule has 0 aliphatic rings. The number of aromatic nitrogens is 1. The van der Waals surface area contributed by atoms with Crippen molar-refractivity contribution in [3.8, 4) is 11.1 Å². The molecule has 2 aromatic rings. The van der Waals surface area contributed by atoms with Gasteiger partial charge in [-0.1, -0.05) is 0 Å². The molecule has 0 saturated heterocycles. The fraction of sp³-hybridized carbons (Fsp3) is 0. The number of nitro benzene ring substituents is 1. The quantitative estimate of drug-likeness (QED) is 0.677. The van der Waals surface area contributed by atoms with Crippen LogP contribution in [0.5, 0.6) is 0 Å². The number of carbonyl (C=O) groups is 1. The largest absolute Gasteiger partial charge is 0.478 e. The van der Waals surface area contributed by atoms with E-state index < -0.39 is 16.7 Å². The predicted octanol–water partition coefficient (Wildman–Crippen LogP) is 2.49. The number of pyridine rings is 1. The molecule has 0 fully saturated rings. The second kappa shape index (κ2) is 4.81. The third-order valence-corrected chi connectivity index (χ3v) is 2.41. The second-order valence-electron chi connectivity index (χ2n) is 3.72. The van der Waals surface area contributed by atoms with Crippen LogP contribution in [-0.2, 0) is 0 Å². The zero-order valence-corrected chi connectivity index (χ0v) is 9.41. The van der Waals surface area contributed by atoms with Gasteiger partial charge in [-0.25, -0.2) is 9.18 Å². The average molecular weight is 262 g/mol. The number of nitro groups is 1. The molecule has 0 aliphatic carbocycles. The van der Waals surface area contributed by atoms with E-state index in [-0.39, 0.29) is 22.4 Å². The van der Waals surface area contributed by atoms with Crippen molar-refractivity contribution in [2.45, 2.75) is 0 Å². The van der Waals surface area contributed by atoms with Gasteiger partial charge in [-0.05, 0) is 17.7 Å². The van der Waals surface area contributed by atoms with E-state index in [2.05, 4.69) is 4.98 Å². The lowest BCUT2D eigenvalue weighted by atomic mass is 10.0. The molecular formula is C12H7FN2O4. The molecule has 0 saturated carbocycles. The minimum atomic E-state index is -1.30. The fourth-order valence-corrected chi connectivity index (χ4v) is 1.58. The van der Waals surface area contributed by atoms with Crippen LogP contribution in [0.3, 0.4) is 0 Å². The van der Waals surface area contributed by atoms with Crippen molar-refractivity contribution in [2.24, 2.45) is 0 Å². The van der Waals surface area contributed by atoms with Crippen LogP contribution >= 0.6 is 0 Å². The van der Waals surface area contributed by atoms with Gasteiger partial charge in [-0.2, -0.15) is 0 Å². The first-order valence-corrected chi connectivity index (χ1v) is 5.11. The van der Waals surface area contributed by atoms with Crippen LogP contribution in [0.2, 0.25) is 0 Å². The molecule has 0 unspecified atom stereocenters. The Morgan fingerprint density at radius 2 is 1.95 bits per heavy atom. The number of nitrogens with zero attached hydrogens (tertiary/aromatic N) is 2. The number of non-ortho nitro benzene ring substituents is 1. The Balaban J connectivity index is 2.62. The van der Waals surface area contributed by atoms with Gasteiger partial charge in [0.05, 0.1) is 16.7 Å². The Hall–Kier alpha value is -2.83. The summed E-state index contributed by atoms with van der Waals surface area (Å²) in [5, 5.41) is 19.7. The lowest BCUT2D eigenvalue weighted by Crippen LogP contribution is -1.99. The van der Waals surface area contributed by atoms with E-state index in [4.69, 9.17) is 5.11 Å². The van der Waals surface area contributed by atoms with Crippen LogP contribution in [0, 0.1) is 15.9 Å². The highest BCUT2D eigenvalue weighted by atomic mass is 19.1. The van der Waals surface area contributed by atoms with Gasteiger partial charge >= 0.3 is 5.97 Å². The first kappa shape index (κ1) is 12.6. The third kappa shape index (κ3) is 2.71. The molecule has 6 nitrogen and oxygen atoms in total. The number of halogens is 1. The molecule has 96 valence electrons. The molecule has 0 radical (unpaired) electrons. The smallest absolute Gasteiger partial charge is 0.335 e. The molecule has 0 amide bonds. The third-order valence-electron chi connectivity index (χ3n) is 2.41. The number of benzene rings is 1. The van der Waals surface area contributed by atoms with Gasteiger partial charge in [0.25, 0.3) is 5.69 Å². The van der Waals surface area contributed by atoms with E-state index in [1.807, 2.05) is 0 Å². The van der Waals surface area contributed by atoms with Gasteiger partial charge < -0.3 is 5.11 Å². The van der Waals surface area contributed by atoms with Gasteiger partial charge in [0, 0.05) is 23.9 Å². The van der Waals surface area contributed by atoms with Gasteiger partial charge in [-0.3, -0.25) is 15.1 Å². The molecule has 2 rings (SSSR count). The van der Waals surface area contributed by atoms with Gasteiger partial charge in [0.15, 0.2) is 0 Å². The number of carboxylic acids is 1. The Morgan fingerprint density at radius 3 is 2.53 bits per heavy atom. The number of aromatic carboxylic acids is 1. The van der Waals surface area contributed by atoms with Crippen LogP contribution < -0.4 is 0 Å². The molecule has 0 aliphatic heterocycles. The summed E-state index contributed by atoms with van der Waals surface area (Å²) in [7, 11) is 0. The molecule has 0 bridgehead atoms. The van der Waals surface area contributed by atoms with Crippen molar-refractivity contribution in [1.29, 1.82) is 0 Å². The Kier molecular flexibility index (Phi) is 3.19. The summed E-state index contributed by atoms with van der Waals surface area (Å²) in [6.07, 6.45) is 2.28. The molecule has 19 heavy (non-hydrogen) atoms. The van der Waals surface area contributed by atoms with E-state index in [0.717, 1.165) is 18.3 Å². The van der Waals surface area contributed by atoms with E-state index in [1.165, 1.54) is 18.3 Å². The number of hydrogen-bond acceptors (Lipinski definition) is 4. The van der Waals surface area contributed by atoms with Crippen LogP contribution in [0.25, 0.3) is 11.1 Å². The molecule has 0 atom stereocenters. The number of rotatable bonds is 3. The van der Waals surface area contributed by atoms with E-state index in [1.54, 1.807) is 0 Å². The van der Waals surface area contributed by atoms with Crippen LogP contribution in [-0.4, -0.2) is 21.0 Å². The standard InChI is InChI=1S/C12H7FN2O4/c13-10-2-9(5-14-6-10)7-1-8(12(16)17)4-11(3-7)15(18)19/h1-6H,(H,16,17). The van der Waals surface area contributed by atoms with E-state index in [0.29, 0.717) is 0 Å². The van der Waals surface area contributed by atoms with Crippen molar-refractivity contribution in [3.05, 3.63) is 58.2 Å². The Bertz CT molecular complexity index is 640. The zero-order valence-electron chi connectivity index (χ0n) is 9.41. The molecule has 1 aromatic carbocycles. The zero-order chi connectivity index (χ0) is 14.0. The maximum Gasteiger partial charge on any atom is 0.335 e. The van der Waals surface area contributed by atoms with Crippen molar-refractivity contribution >= 4 is 11.7 Å². The fourth-order valence-electron chi connectivity index (χ4n) is 1.58. The maximum atomic E-state index is 13.1. The molecule has 1 aromatic heterocycles. The Labute approximate surface area is 106 Å². The van der Waals surface area contributed by atoms with E-state index in [9.17, 15) is 19.3 Å². The van der Waals surface area contributed by atoms with Gasteiger partial charge in [-0.15, -0.1) is 0 Å². The molecule has 7 heteroatoms. The SMILES string of the molecule is O=C(O)c1cc(-c2cncc(F)c2)cc([N+](=O)[O-])c1. The van der Waals surface area contributed by atoms with Crippen LogP contribution in [0.15, 0.2) is 36.7 Å². The minimum Gasteiger partial charge on any atom is -0.478 e. The molecule has 1 heterocycles. The summed E-state index contributed by atoms with van der Waals surface area (Å²) in [6, 6.07) is 4.46. The van der Waals surface area contributed by atoms with Gasteiger partial charge in [0.2, 0.25) is 0 Å². The Morgan fingerprint density at radius 1 is 1.21 bits per heavy atom. The molecule has 1 N–H and O–H groups in total. The molecule has 0 spiro atoms. The van der Waals surface area contributed by atoms with Crippen molar-refractivity contribution in [3.63, 3.8) is 0 Å². The summed E-state index contributed by atoms with van der Waals surface area (Å²) < 4.78 is 13.1. The number of carboxylic acid groups (broad SMARTS) is 1. The van der Waals surface area contributed by atoms with Crippen LogP contribution in [0.1, 0.15) is 10.4 Å². The first-order chi connectivity index (χ1) is 8.97. The predicted molar refractivity (Wildman–Crippen MR) is 63.2 cm³/mol. The summed E-state index contributed by atoms with van der Waals surface area (Å²) in [4.78, 5) is 24.6. The first-order valence-electron chi connectivity index (χ1n) is 5.11. The lowest BCUT2D eigenvalue weighted by Gasteiger charge is -2.03. The van der Waals surface area contributed by atoms with E-state index >= 15 is 0 Å². The second-order valence-corrected chi connectivity index (χ2v) is 3.72. The van der Waals surface area contributed by atoms with Crippen LogP contribution in [0.4, 0.5) is 10.1 Å². The topological polar surface area (TPSA) is 93.3 Å². The highest BCUT2D eigenvalue weighted by Gasteiger charge is 2.15. The average Bonchev–Trinajstić information content (AvgIpc) is 2.38. The summed E-state index contributed by atoms with van der Waals surface area (Å²) >= 11 is 0. The highest BCUT2D eigenvalue weighted by Crippen LogP contribution is 2.26. The monoisotopic (exact) mass is 262 g/mol. The molecular weight excluding hydrogens is 255 g/mol. The maximum absolute atomic E-state index is 13.1. The summed E-state index contributed by atoms with van der Waals surface area (Å²) in [5.41, 5.74) is -0.127. The van der Waals surface area contributed by atoms with Crippen molar-refractivity contribution in [1.82, 2.24) is 4.98 Å².